The number of fused-ring (bicyclic) bond motifs is 2. The number of nitrogens with two attached hydrogens (primary N) is 1. The number of carbonyl (C=O) groups excluding carboxylic acids is 4. The summed E-state index contributed by atoms with van der Waals surface area (Å²) >= 11 is 0. The zero-order valence-electron chi connectivity index (χ0n) is 26.0. The molecular formula is C32H43FN4O7S. The summed E-state index contributed by atoms with van der Waals surface area (Å²) in [5.74, 6) is -2.29. The molecule has 45 heavy (non-hydrogen) atoms. The average Bonchev–Trinajstić information content (AvgIpc) is 3.85. The Morgan fingerprint density at radius 3 is 2.47 bits per heavy atom. The van der Waals surface area contributed by atoms with Gasteiger partial charge in [-0.3, -0.25) is 24.4 Å². The summed E-state index contributed by atoms with van der Waals surface area (Å²) in [5, 5.41) is 2.52. The predicted octanol–water partition coefficient (Wildman–Crippen LogP) is 3.65. The van der Waals surface area contributed by atoms with Crippen molar-refractivity contribution in [2.45, 2.75) is 95.1 Å². The molecule has 246 valence electrons. The van der Waals surface area contributed by atoms with E-state index in [4.69, 9.17) is 10.5 Å². The van der Waals surface area contributed by atoms with E-state index in [1.807, 2.05) is 19.1 Å². The standard InChI is InChI=1S/C32H43FN4O7S/c1-19-6-4-5-7-21-16-32(21,29(40)36-45(42,43)31(3)12-13-31)17-26(38)25-15-24(18-37(25)28(39)27(34)20(2)14-19)44-30(41)35-23-10-8-22(33)9-11-23/h5,7-11,19-21,24-25,27H,4,6,12-18,34H2,1-3H3,(H,35,41)(H,36,40)/b7-5-/t19?,20-,21-,24-,25+,27+,32-/m1/s1. The lowest BCUT2D eigenvalue weighted by Gasteiger charge is -2.30. The maximum absolute atomic E-state index is 14.0. The summed E-state index contributed by atoms with van der Waals surface area (Å²) in [4.78, 5) is 55.4. The number of nitrogens with one attached hydrogen (secondary N) is 2. The number of sulfonamides is 1. The average molecular weight is 647 g/mol. The van der Waals surface area contributed by atoms with Crippen LogP contribution >= 0.6 is 0 Å². The Morgan fingerprint density at radius 2 is 1.80 bits per heavy atom. The molecule has 5 rings (SSSR count). The van der Waals surface area contributed by atoms with Gasteiger partial charge in [-0.05, 0) is 87.5 Å². The van der Waals surface area contributed by atoms with Gasteiger partial charge in [-0.2, -0.15) is 0 Å². The first kappa shape index (κ1) is 33.1. The third kappa shape index (κ3) is 7.09. The third-order valence-corrected chi connectivity index (χ3v) is 12.2. The third-order valence-electron chi connectivity index (χ3n) is 10.1. The van der Waals surface area contributed by atoms with Crippen molar-refractivity contribution in [3.63, 3.8) is 0 Å². The van der Waals surface area contributed by atoms with E-state index in [9.17, 15) is 32.0 Å². The first-order valence-electron chi connectivity index (χ1n) is 15.7. The molecule has 2 heterocycles. The number of nitrogens with zero attached hydrogens (tertiary/aromatic N) is 1. The summed E-state index contributed by atoms with van der Waals surface area (Å²) in [6.07, 6.45) is 5.42. The fourth-order valence-corrected chi connectivity index (χ4v) is 7.92. The van der Waals surface area contributed by atoms with E-state index in [1.54, 1.807) is 6.92 Å². The van der Waals surface area contributed by atoms with Gasteiger partial charge < -0.3 is 15.4 Å². The van der Waals surface area contributed by atoms with Gasteiger partial charge in [0, 0.05) is 18.5 Å². The summed E-state index contributed by atoms with van der Waals surface area (Å²) < 4.78 is 46.0. The van der Waals surface area contributed by atoms with Crippen LogP contribution in [0.5, 0.6) is 0 Å². The maximum atomic E-state index is 14.0. The number of anilines is 1. The molecule has 3 amide bonds. The van der Waals surface area contributed by atoms with Gasteiger partial charge >= 0.3 is 6.09 Å². The summed E-state index contributed by atoms with van der Waals surface area (Å²) in [7, 11) is -3.93. The monoisotopic (exact) mass is 646 g/mol. The molecule has 0 bridgehead atoms. The maximum Gasteiger partial charge on any atom is 0.411 e. The topological polar surface area (TPSA) is 165 Å². The van der Waals surface area contributed by atoms with E-state index in [0.717, 1.165) is 12.8 Å². The molecule has 1 aromatic carbocycles. The quantitative estimate of drug-likeness (QED) is 0.408. The van der Waals surface area contributed by atoms with Crippen molar-refractivity contribution in [3.8, 4) is 0 Å². The van der Waals surface area contributed by atoms with Crippen molar-refractivity contribution < 1.29 is 36.7 Å². The molecule has 13 heteroatoms. The molecule has 11 nitrogen and oxygen atoms in total. The first-order chi connectivity index (χ1) is 21.1. The number of rotatable bonds is 5. The van der Waals surface area contributed by atoms with Crippen LogP contribution in [0.4, 0.5) is 14.9 Å². The lowest BCUT2D eigenvalue weighted by molar-refractivity contribution is -0.140. The van der Waals surface area contributed by atoms with Gasteiger partial charge in [-0.15, -0.1) is 0 Å². The Balaban J connectivity index is 1.39. The number of hydrogen-bond donors (Lipinski definition) is 3. The minimum atomic E-state index is -3.93. The molecule has 2 aliphatic carbocycles. The fraction of sp³-hybridized carbons (Fsp3) is 0.625. The number of amides is 3. The van der Waals surface area contributed by atoms with Crippen LogP contribution in [0.25, 0.3) is 0 Å². The number of benzene rings is 1. The van der Waals surface area contributed by atoms with Crippen LogP contribution in [-0.2, 0) is 29.1 Å². The highest BCUT2D eigenvalue weighted by Crippen LogP contribution is 2.57. The van der Waals surface area contributed by atoms with Crippen molar-refractivity contribution in [2.24, 2.45) is 28.9 Å². The van der Waals surface area contributed by atoms with E-state index in [2.05, 4.69) is 17.0 Å². The van der Waals surface area contributed by atoms with Gasteiger partial charge in [0.1, 0.15) is 11.9 Å². The number of Topliss-reactive ketones (excluding diaryl/α,β-unsaturated/α-hetero) is 1. The van der Waals surface area contributed by atoms with E-state index < -0.39 is 67.9 Å². The molecule has 2 aliphatic heterocycles. The van der Waals surface area contributed by atoms with Crippen LogP contribution in [-0.4, -0.2) is 66.5 Å². The molecule has 4 aliphatic rings. The van der Waals surface area contributed by atoms with Crippen LogP contribution in [0.1, 0.15) is 72.1 Å². The molecule has 7 atom stereocenters. The van der Waals surface area contributed by atoms with Crippen molar-refractivity contribution in [1.29, 1.82) is 0 Å². The van der Waals surface area contributed by atoms with E-state index in [0.29, 0.717) is 31.4 Å². The second-order valence-electron chi connectivity index (χ2n) is 13.7. The van der Waals surface area contributed by atoms with Crippen LogP contribution < -0.4 is 15.8 Å². The fourth-order valence-electron chi connectivity index (χ4n) is 6.59. The normalized spacial score (nSPS) is 33.9. The number of ketones is 1. The molecule has 4 N–H and O–H groups in total. The van der Waals surface area contributed by atoms with Crippen molar-refractivity contribution in [2.75, 3.05) is 11.9 Å². The second-order valence-corrected chi connectivity index (χ2v) is 15.9. The second kappa shape index (κ2) is 12.5. The van der Waals surface area contributed by atoms with E-state index in [-0.39, 0.29) is 37.1 Å². The molecule has 0 aromatic heterocycles. The number of halogens is 1. The van der Waals surface area contributed by atoms with Gasteiger partial charge in [-0.1, -0.05) is 26.0 Å². The van der Waals surface area contributed by atoms with Gasteiger partial charge in [0.25, 0.3) is 0 Å². The largest absolute Gasteiger partial charge is 0.444 e. The molecular weight excluding hydrogens is 603 g/mol. The molecule has 1 unspecified atom stereocenters. The zero-order chi connectivity index (χ0) is 32.7. The Bertz CT molecular complexity index is 1480. The van der Waals surface area contributed by atoms with Gasteiger partial charge in [0.2, 0.25) is 21.8 Å². The van der Waals surface area contributed by atoms with E-state index >= 15 is 0 Å². The van der Waals surface area contributed by atoms with Crippen LogP contribution in [0, 0.1) is 29.0 Å². The van der Waals surface area contributed by atoms with Gasteiger partial charge in [-0.25, -0.2) is 17.6 Å². The molecule has 1 saturated heterocycles. The molecule has 0 radical (unpaired) electrons. The lowest BCUT2D eigenvalue weighted by Crippen LogP contribution is -2.52. The Morgan fingerprint density at radius 1 is 1.11 bits per heavy atom. The Kier molecular flexibility index (Phi) is 9.16. The van der Waals surface area contributed by atoms with Crippen molar-refractivity contribution >= 4 is 39.4 Å². The highest BCUT2D eigenvalue weighted by molar-refractivity contribution is 7.91. The highest BCUT2D eigenvalue weighted by Gasteiger charge is 2.62. The zero-order valence-corrected chi connectivity index (χ0v) is 26.8. The SMILES string of the molecule is CC1CC/C=C\[C@@H]2C[C@@]2(C(=O)NS(=O)(=O)C2(C)CC2)CC(=O)[C@@H]2C[C@@H](OC(=O)Nc3ccc(F)cc3)CN2C(=O)[C@@H](N)[C@H](C)C1. The first-order valence-corrected chi connectivity index (χ1v) is 17.2. The predicted molar refractivity (Wildman–Crippen MR) is 165 cm³/mol. The summed E-state index contributed by atoms with van der Waals surface area (Å²) in [6.45, 7) is 5.51. The van der Waals surface area contributed by atoms with Crippen molar-refractivity contribution in [3.05, 3.63) is 42.2 Å². The number of carbonyl (C=O) groups is 4. The number of ether oxygens (including phenoxy) is 1. The minimum Gasteiger partial charge on any atom is -0.444 e. The highest BCUT2D eigenvalue weighted by atomic mass is 32.2. The van der Waals surface area contributed by atoms with Crippen LogP contribution in [0.3, 0.4) is 0 Å². The minimum absolute atomic E-state index is 0.00646. The van der Waals surface area contributed by atoms with Gasteiger partial charge in [0.05, 0.1) is 28.8 Å². The Labute approximate surface area is 263 Å². The molecule has 1 aromatic rings. The molecule has 3 fully saturated rings. The van der Waals surface area contributed by atoms with Crippen molar-refractivity contribution in [1.82, 2.24) is 9.62 Å². The summed E-state index contributed by atoms with van der Waals surface area (Å²) in [5.41, 5.74) is 5.50. The lowest BCUT2D eigenvalue weighted by atomic mass is 9.88. The molecule has 2 saturated carbocycles. The van der Waals surface area contributed by atoms with E-state index in [1.165, 1.54) is 29.2 Å². The van der Waals surface area contributed by atoms with Gasteiger partial charge in [0.15, 0.2) is 5.78 Å². The summed E-state index contributed by atoms with van der Waals surface area (Å²) in [6, 6.07) is 3.20. The molecule has 0 spiro atoms. The Hall–Kier alpha value is -3.32. The smallest absolute Gasteiger partial charge is 0.411 e. The number of hydrogen-bond acceptors (Lipinski definition) is 8. The number of allylic oxidation sites excluding steroid dienone is 2. The van der Waals surface area contributed by atoms with Crippen LogP contribution in [0.15, 0.2) is 36.4 Å². The van der Waals surface area contributed by atoms with Crippen LogP contribution in [0.2, 0.25) is 0 Å².